The number of esters is 1. The van der Waals surface area contributed by atoms with Crippen molar-refractivity contribution < 1.29 is 13.9 Å². The van der Waals surface area contributed by atoms with Gasteiger partial charge in [-0.3, -0.25) is 0 Å². The van der Waals surface area contributed by atoms with Gasteiger partial charge in [0, 0.05) is 6.54 Å². The average molecular weight is 237 g/mol. The Balaban J connectivity index is 1.94. The molecule has 17 heavy (non-hydrogen) atoms. The van der Waals surface area contributed by atoms with Gasteiger partial charge in [-0.2, -0.15) is 0 Å². The molecule has 1 fully saturated rings. The zero-order valence-corrected chi connectivity index (χ0v) is 9.86. The van der Waals surface area contributed by atoms with E-state index in [2.05, 4.69) is 4.90 Å². The zero-order chi connectivity index (χ0) is 12.3. The van der Waals surface area contributed by atoms with Gasteiger partial charge < -0.3 is 9.64 Å². The first-order valence-electron chi connectivity index (χ1n) is 5.80. The lowest BCUT2D eigenvalue weighted by molar-refractivity contribution is 0.0108. The average Bonchev–Trinajstić information content (AvgIpc) is 2.29. The van der Waals surface area contributed by atoms with Crippen LogP contribution in [0.5, 0.6) is 0 Å². The molecule has 1 heterocycles. The second-order valence-corrected chi connectivity index (χ2v) is 4.44. The van der Waals surface area contributed by atoms with Crippen LogP contribution in [0, 0.1) is 5.82 Å². The SMILES string of the molecule is CN1CCC[C@@H](OC(=O)c2ccc(F)cc2)C1. The van der Waals surface area contributed by atoms with Crippen LogP contribution in [-0.2, 0) is 4.74 Å². The number of hydrogen-bond acceptors (Lipinski definition) is 3. The molecule has 0 radical (unpaired) electrons. The van der Waals surface area contributed by atoms with Crippen LogP contribution in [-0.4, -0.2) is 37.1 Å². The lowest BCUT2D eigenvalue weighted by Gasteiger charge is -2.29. The van der Waals surface area contributed by atoms with E-state index >= 15 is 0 Å². The Morgan fingerprint density at radius 3 is 2.76 bits per heavy atom. The largest absolute Gasteiger partial charge is 0.457 e. The highest BCUT2D eigenvalue weighted by Gasteiger charge is 2.21. The third-order valence-corrected chi connectivity index (χ3v) is 2.93. The summed E-state index contributed by atoms with van der Waals surface area (Å²) in [6, 6.07) is 5.43. The number of likely N-dealkylation sites (tertiary alicyclic amines) is 1. The highest BCUT2D eigenvalue weighted by Crippen LogP contribution is 2.14. The molecule has 0 spiro atoms. The first-order valence-corrected chi connectivity index (χ1v) is 5.80. The van der Waals surface area contributed by atoms with Gasteiger partial charge in [0.15, 0.2) is 0 Å². The van der Waals surface area contributed by atoms with Gasteiger partial charge in [0.1, 0.15) is 11.9 Å². The predicted octanol–water partition coefficient (Wildman–Crippen LogP) is 2.08. The van der Waals surface area contributed by atoms with E-state index in [1.807, 2.05) is 7.05 Å². The van der Waals surface area contributed by atoms with Gasteiger partial charge in [-0.05, 0) is 50.7 Å². The molecule has 0 amide bonds. The smallest absolute Gasteiger partial charge is 0.338 e. The summed E-state index contributed by atoms with van der Waals surface area (Å²) in [6.07, 6.45) is 1.89. The van der Waals surface area contributed by atoms with Crippen LogP contribution in [0.25, 0.3) is 0 Å². The molecule has 4 heteroatoms. The standard InChI is InChI=1S/C13H16FNO2/c1-15-8-2-3-12(9-15)17-13(16)10-4-6-11(14)7-5-10/h4-7,12H,2-3,8-9H2,1H3/t12-/m1/s1. The van der Waals surface area contributed by atoms with Crippen LogP contribution in [0.3, 0.4) is 0 Å². The van der Waals surface area contributed by atoms with Crippen molar-refractivity contribution in [1.29, 1.82) is 0 Å². The summed E-state index contributed by atoms with van der Waals surface area (Å²) in [7, 11) is 2.01. The molecule has 1 atom stereocenters. The maximum absolute atomic E-state index is 12.7. The van der Waals surface area contributed by atoms with Crippen LogP contribution in [0.4, 0.5) is 4.39 Å². The van der Waals surface area contributed by atoms with Gasteiger partial charge in [-0.1, -0.05) is 0 Å². The fourth-order valence-electron chi connectivity index (χ4n) is 2.02. The predicted molar refractivity (Wildman–Crippen MR) is 62.3 cm³/mol. The number of benzene rings is 1. The van der Waals surface area contributed by atoms with Crippen molar-refractivity contribution >= 4 is 5.97 Å². The topological polar surface area (TPSA) is 29.5 Å². The van der Waals surface area contributed by atoms with Gasteiger partial charge in [-0.15, -0.1) is 0 Å². The van der Waals surface area contributed by atoms with Crippen molar-refractivity contribution in [3.63, 3.8) is 0 Å². The minimum absolute atomic E-state index is 0.0497. The molecule has 3 nitrogen and oxygen atoms in total. The molecule has 0 N–H and O–H groups in total. The van der Waals surface area contributed by atoms with Crippen LogP contribution in [0.15, 0.2) is 24.3 Å². The fraction of sp³-hybridized carbons (Fsp3) is 0.462. The molecule has 0 aliphatic carbocycles. The Hall–Kier alpha value is -1.42. The molecule has 92 valence electrons. The Morgan fingerprint density at radius 1 is 1.41 bits per heavy atom. The molecular weight excluding hydrogens is 221 g/mol. The van der Waals surface area contributed by atoms with Crippen LogP contribution in [0.2, 0.25) is 0 Å². The molecule has 1 saturated heterocycles. The molecule has 1 aromatic carbocycles. The summed E-state index contributed by atoms with van der Waals surface area (Å²) in [4.78, 5) is 13.9. The summed E-state index contributed by atoms with van der Waals surface area (Å²) in [6.45, 7) is 1.82. The fourth-order valence-corrected chi connectivity index (χ4v) is 2.02. The van der Waals surface area contributed by atoms with Crippen molar-refractivity contribution in [3.05, 3.63) is 35.6 Å². The molecule has 0 unspecified atom stereocenters. The third kappa shape index (κ3) is 3.27. The lowest BCUT2D eigenvalue weighted by Crippen LogP contribution is -2.38. The number of nitrogens with zero attached hydrogens (tertiary/aromatic N) is 1. The monoisotopic (exact) mass is 237 g/mol. The maximum Gasteiger partial charge on any atom is 0.338 e. The third-order valence-electron chi connectivity index (χ3n) is 2.93. The highest BCUT2D eigenvalue weighted by molar-refractivity contribution is 5.89. The minimum atomic E-state index is -0.370. The number of halogens is 1. The minimum Gasteiger partial charge on any atom is -0.457 e. The lowest BCUT2D eigenvalue weighted by atomic mass is 10.1. The summed E-state index contributed by atoms with van der Waals surface area (Å²) in [5, 5.41) is 0. The van der Waals surface area contributed by atoms with E-state index in [0.29, 0.717) is 5.56 Å². The summed E-state index contributed by atoms with van der Waals surface area (Å²) in [5.74, 6) is -0.718. The molecule has 0 aromatic heterocycles. The number of carbonyl (C=O) groups excluding carboxylic acids is 1. The Labute approximate surface area is 100 Å². The first kappa shape index (κ1) is 12.0. The van der Waals surface area contributed by atoms with Crippen molar-refractivity contribution in [2.45, 2.75) is 18.9 Å². The van der Waals surface area contributed by atoms with Gasteiger partial charge in [0.2, 0.25) is 0 Å². The number of rotatable bonds is 2. The Bertz CT molecular complexity index is 391. The van der Waals surface area contributed by atoms with Gasteiger partial charge in [0.25, 0.3) is 0 Å². The van der Waals surface area contributed by atoms with Crippen molar-refractivity contribution in [2.75, 3.05) is 20.1 Å². The van der Waals surface area contributed by atoms with E-state index in [-0.39, 0.29) is 17.9 Å². The number of hydrogen-bond donors (Lipinski definition) is 0. The summed E-state index contributed by atoms with van der Waals surface area (Å²) in [5.41, 5.74) is 0.402. The second-order valence-electron chi connectivity index (χ2n) is 4.44. The van der Waals surface area contributed by atoms with E-state index < -0.39 is 0 Å². The quantitative estimate of drug-likeness (QED) is 0.737. The van der Waals surface area contributed by atoms with E-state index in [1.54, 1.807) is 0 Å². The highest BCUT2D eigenvalue weighted by atomic mass is 19.1. The van der Waals surface area contributed by atoms with Gasteiger partial charge in [-0.25, -0.2) is 9.18 Å². The van der Waals surface area contributed by atoms with E-state index in [4.69, 9.17) is 4.74 Å². The van der Waals surface area contributed by atoms with Crippen LogP contribution < -0.4 is 0 Å². The normalized spacial score (nSPS) is 21.2. The van der Waals surface area contributed by atoms with Crippen LogP contribution >= 0.6 is 0 Å². The van der Waals surface area contributed by atoms with Crippen molar-refractivity contribution in [3.8, 4) is 0 Å². The number of ether oxygens (including phenoxy) is 1. The van der Waals surface area contributed by atoms with Gasteiger partial charge in [0.05, 0.1) is 5.56 Å². The van der Waals surface area contributed by atoms with Crippen molar-refractivity contribution in [1.82, 2.24) is 4.90 Å². The number of carbonyl (C=O) groups is 1. The molecule has 0 bridgehead atoms. The zero-order valence-electron chi connectivity index (χ0n) is 9.86. The van der Waals surface area contributed by atoms with Crippen molar-refractivity contribution in [2.24, 2.45) is 0 Å². The molecule has 0 saturated carbocycles. The molecule has 1 aliphatic heterocycles. The maximum atomic E-state index is 12.7. The molecular formula is C13H16FNO2. The number of likely N-dealkylation sites (N-methyl/N-ethyl adjacent to an activating group) is 1. The van der Waals surface area contributed by atoms with E-state index in [0.717, 1.165) is 25.9 Å². The molecule has 2 rings (SSSR count). The summed E-state index contributed by atoms with van der Waals surface area (Å²) < 4.78 is 18.1. The van der Waals surface area contributed by atoms with E-state index in [1.165, 1.54) is 24.3 Å². The second kappa shape index (κ2) is 5.27. The Kier molecular flexibility index (Phi) is 3.74. The molecule has 1 aromatic rings. The first-order chi connectivity index (χ1) is 8.15. The number of piperidine rings is 1. The summed E-state index contributed by atoms with van der Waals surface area (Å²) >= 11 is 0. The van der Waals surface area contributed by atoms with E-state index in [9.17, 15) is 9.18 Å². The van der Waals surface area contributed by atoms with Crippen LogP contribution in [0.1, 0.15) is 23.2 Å². The van der Waals surface area contributed by atoms with Gasteiger partial charge >= 0.3 is 5.97 Å². The molecule has 1 aliphatic rings. The Morgan fingerprint density at radius 2 is 2.12 bits per heavy atom.